The molecule has 0 fully saturated rings. The van der Waals surface area contributed by atoms with Crippen molar-refractivity contribution in [1.29, 1.82) is 0 Å². The van der Waals surface area contributed by atoms with Crippen molar-refractivity contribution in [1.82, 2.24) is 5.32 Å². The van der Waals surface area contributed by atoms with Gasteiger partial charge in [0.05, 0.1) is 12.5 Å². The summed E-state index contributed by atoms with van der Waals surface area (Å²) in [5.74, 6) is -1.81. The smallest absolute Gasteiger partial charge is 0.407 e. The zero-order valence-corrected chi connectivity index (χ0v) is 17.1. The van der Waals surface area contributed by atoms with Gasteiger partial charge in [0.2, 0.25) is 0 Å². The van der Waals surface area contributed by atoms with Gasteiger partial charge in [-0.25, -0.2) is 9.18 Å². The fraction of sp³-hybridized carbons (Fsp3) is 0.167. The molecule has 1 aliphatic rings. The summed E-state index contributed by atoms with van der Waals surface area (Å²) in [6.45, 7) is 0.0940. The van der Waals surface area contributed by atoms with E-state index in [-0.39, 0.29) is 17.5 Å². The minimum absolute atomic E-state index is 0.0326. The van der Waals surface area contributed by atoms with Crippen LogP contribution in [0.25, 0.3) is 11.1 Å². The van der Waals surface area contributed by atoms with E-state index < -0.39 is 30.3 Å². The summed E-state index contributed by atoms with van der Waals surface area (Å²) in [7, 11) is 0. The number of hydrogen-bond donors (Lipinski definition) is 2. The lowest BCUT2D eigenvalue weighted by Crippen LogP contribution is -2.32. The molecule has 1 aliphatic carbocycles. The number of halogens is 2. The molecule has 0 saturated carbocycles. The number of hydrogen-bond acceptors (Lipinski definition) is 3. The number of fused-ring (bicyclic) bond motifs is 3. The number of carbonyl (C=O) groups is 2. The highest BCUT2D eigenvalue weighted by atomic mass is 35.5. The number of ether oxygens (including phenoxy) is 1. The number of rotatable bonds is 6. The highest BCUT2D eigenvalue weighted by molar-refractivity contribution is 6.31. The van der Waals surface area contributed by atoms with Crippen molar-refractivity contribution in [2.75, 3.05) is 6.61 Å². The first-order valence-electron chi connectivity index (χ1n) is 9.72. The Morgan fingerprint density at radius 3 is 2.23 bits per heavy atom. The highest BCUT2D eigenvalue weighted by Gasteiger charge is 2.29. The summed E-state index contributed by atoms with van der Waals surface area (Å²) >= 11 is 6.06. The molecule has 0 spiro atoms. The predicted molar refractivity (Wildman–Crippen MR) is 115 cm³/mol. The Labute approximate surface area is 183 Å². The molecule has 4 rings (SSSR count). The summed E-state index contributed by atoms with van der Waals surface area (Å²) in [6, 6.07) is 18.5. The first kappa shape index (κ1) is 20.9. The molecule has 1 amide bonds. The summed E-state index contributed by atoms with van der Waals surface area (Å²) in [5, 5.41) is 11.8. The zero-order chi connectivity index (χ0) is 22.0. The van der Waals surface area contributed by atoms with Crippen molar-refractivity contribution < 1.29 is 23.8 Å². The lowest BCUT2D eigenvalue weighted by molar-refractivity contribution is -0.137. The second-order valence-corrected chi connectivity index (χ2v) is 7.69. The Kier molecular flexibility index (Phi) is 5.91. The normalized spacial score (nSPS) is 13.2. The average Bonchev–Trinajstić information content (AvgIpc) is 3.05. The molecule has 3 aromatic carbocycles. The Morgan fingerprint density at radius 2 is 1.65 bits per heavy atom. The number of nitrogens with one attached hydrogen (secondary N) is 1. The number of carboxylic acid groups (broad SMARTS) is 1. The van der Waals surface area contributed by atoms with Crippen molar-refractivity contribution in [2.45, 2.75) is 18.4 Å². The van der Waals surface area contributed by atoms with Gasteiger partial charge in [0.15, 0.2) is 0 Å². The van der Waals surface area contributed by atoms with E-state index in [1.54, 1.807) is 0 Å². The van der Waals surface area contributed by atoms with Crippen LogP contribution in [0.15, 0.2) is 66.7 Å². The van der Waals surface area contributed by atoms with Crippen molar-refractivity contribution in [2.24, 2.45) is 0 Å². The van der Waals surface area contributed by atoms with E-state index in [0.29, 0.717) is 5.56 Å². The second kappa shape index (κ2) is 8.78. The topological polar surface area (TPSA) is 75.6 Å². The molecule has 7 heteroatoms. The van der Waals surface area contributed by atoms with Crippen LogP contribution in [0, 0.1) is 5.82 Å². The molecule has 0 aliphatic heterocycles. The Hall–Kier alpha value is -3.38. The van der Waals surface area contributed by atoms with Crippen molar-refractivity contribution in [3.8, 4) is 11.1 Å². The van der Waals surface area contributed by atoms with E-state index in [9.17, 15) is 19.1 Å². The number of alkyl carbamates (subject to hydrolysis) is 1. The minimum Gasteiger partial charge on any atom is -0.481 e. The molecule has 158 valence electrons. The molecule has 0 bridgehead atoms. The first-order valence-corrected chi connectivity index (χ1v) is 10.1. The Bertz CT molecular complexity index is 1100. The van der Waals surface area contributed by atoms with Crippen LogP contribution < -0.4 is 5.32 Å². The minimum atomic E-state index is -1.13. The van der Waals surface area contributed by atoms with Gasteiger partial charge in [0.1, 0.15) is 12.4 Å². The van der Waals surface area contributed by atoms with Gasteiger partial charge in [0.25, 0.3) is 0 Å². The fourth-order valence-corrected chi connectivity index (χ4v) is 4.28. The Balaban J connectivity index is 1.50. The summed E-state index contributed by atoms with van der Waals surface area (Å²) < 4.78 is 18.8. The molecule has 0 unspecified atom stereocenters. The van der Waals surface area contributed by atoms with Crippen molar-refractivity contribution in [3.63, 3.8) is 0 Å². The van der Waals surface area contributed by atoms with Crippen LogP contribution in [0.1, 0.15) is 35.1 Å². The quantitative estimate of drug-likeness (QED) is 0.529. The molecular weight excluding hydrogens is 421 g/mol. The predicted octanol–water partition coefficient (Wildman–Crippen LogP) is 5.53. The maximum absolute atomic E-state index is 13.4. The second-order valence-electron chi connectivity index (χ2n) is 7.29. The Morgan fingerprint density at radius 1 is 1.03 bits per heavy atom. The van der Waals surface area contributed by atoms with Crippen LogP contribution in [0.4, 0.5) is 9.18 Å². The largest absolute Gasteiger partial charge is 0.481 e. The fourth-order valence-electron chi connectivity index (χ4n) is 3.98. The van der Waals surface area contributed by atoms with Crippen LogP contribution >= 0.6 is 11.6 Å². The van der Waals surface area contributed by atoms with Gasteiger partial charge in [-0.15, -0.1) is 0 Å². The van der Waals surface area contributed by atoms with Gasteiger partial charge in [-0.1, -0.05) is 66.2 Å². The molecule has 0 saturated heterocycles. The van der Waals surface area contributed by atoms with Gasteiger partial charge in [0, 0.05) is 10.9 Å². The third-order valence-corrected chi connectivity index (χ3v) is 5.68. The van der Waals surface area contributed by atoms with Gasteiger partial charge < -0.3 is 15.2 Å². The number of carbonyl (C=O) groups excluding carboxylic acids is 1. The van der Waals surface area contributed by atoms with E-state index in [4.69, 9.17) is 16.3 Å². The van der Waals surface area contributed by atoms with E-state index in [2.05, 4.69) is 5.32 Å². The van der Waals surface area contributed by atoms with E-state index in [1.165, 1.54) is 6.07 Å². The number of amides is 1. The molecule has 31 heavy (non-hydrogen) atoms. The van der Waals surface area contributed by atoms with E-state index in [1.807, 2.05) is 48.5 Å². The van der Waals surface area contributed by atoms with E-state index >= 15 is 0 Å². The maximum atomic E-state index is 13.4. The first-order chi connectivity index (χ1) is 14.9. The van der Waals surface area contributed by atoms with E-state index in [0.717, 1.165) is 34.4 Å². The van der Waals surface area contributed by atoms with Gasteiger partial charge in [-0.2, -0.15) is 0 Å². The lowest BCUT2D eigenvalue weighted by Gasteiger charge is -2.20. The van der Waals surface area contributed by atoms with Crippen LogP contribution in [-0.4, -0.2) is 23.8 Å². The van der Waals surface area contributed by atoms with Crippen LogP contribution in [-0.2, 0) is 9.53 Å². The van der Waals surface area contributed by atoms with Crippen molar-refractivity contribution in [3.05, 3.63) is 94.3 Å². The summed E-state index contributed by atoms with van der Waals surface area (Å²) in [5.41, 5.74) is 4.65. The third-order valence-electron chi connectivity index (χ3n) is 5.35. The molecule has 0 aromatic heterocycles. The maximum Gasteiger partial charge on any atom is 0.407 e. The zero-order valence-electron chi connectivity index (χ0n) is 16.3. The SMILES string of the molecule is O=C(O)C[C@@H](NC(=O)OCC1c2ccccc2-c2ccccc21)c1ccc(F)cc1Cl. The van der Waals surface area contributed by atoms with Crippen LogP contribution in [0.3, 0.4) is 0 Å². The molecule has 1 atom stereocenters. The molecule has 0 heterocycles. The monoisotopic (exact) mass is 439 g/mol. The van der Waals surface area contributed by atoms with Gasteiger partial charge in [-0.3, -0.25) is 4.79 Å². The molecule has 2 N–H and O–H groups in total. The van der Waals surface area contributed by atoms with Crippen LogP contribution in [0.5, 0.6) is 0 Å². The lowest BCUT2D eigenvalue weighted by atomic mass is 9.98. The molecule has 3 aromatic rings. The average molecular weight is 440 g/mol. The number of benzene rings is 3. The summed E-state index contributed by atoms with van der Waals surface area (Å²) in [6.07, 6.45) is -1.19. The highest BCUT2D eigenvalue weighted by Crippen LogP contribution is 2.44. The standard InChI is InChI=1S/C24H19ClFNO4/c25-21-11-14(26)9-10-19(21)22(12-23(28)29)27-24(30)31-13-20-17-7-3-1-5-15(17)16-6-2-4-8-18(16)20/h1-11,20,22H,12-13H2,(H,27,30)(H,28,29)/t22-/m1/s1. The van der Waals surface area contributed by atoms with Gasteiger partial charge >= 0.3 is 12.1 Å². The molecule has 5 nitrogen and oxygen atoms in total. The number of carboxylic acids is 1. The third kappa shape index (κ3) is 4.39. The van der Waals surface area contributed by atoms with Gasteiger partial charge in [-0.05, 0) is 39.9 Å². The molecular formula is C24H19ClFNO4. The molecule has 0 radical (unpaired) electrons. The van der Waals surface area contributed by atoms with Crippen molar-refractivity contribution >= 4 is 23.7 Å². The summed E-state index contributed by atoms with van der Waals surface area (Å²) in [4.78, 5) is 23.8. The number of aliphatic carboxylic acids is 1. The van der Waals surface area contributed by atoms with Crippen LogP contribution in [0.2, 0.25) is 5.02 Å².